The Hall–Kier alpha value is -1.28. The molecule has 3 aromatic carbocycles. The number of nitrogens with zero attached hydrogens (tertiary/aromatic N) is 1. The number of fused-ring (bicyclic) bond motifs is 2. The van der Waals surface area contributed by atoms with Crippen molar-refractivity contribution in [3.63, 3.8) is 0 Å². The summed E-state index contributed by atoms with van der Waals surface area (Å²) >= 11 is 6.20. The van der Waals surface area contributed by atoms with E-state index >= 15 is 0 Å². The predicted octanol–water partition coefficient (Wildman–Crippen LogP) is 5.02. The quantitative estimate of drug-likeness (QED) is 0.215. The first-order valence-electron chi connectivity index (χ1n) is 7.66. The number of imide groups is 1. The minimum absolute atomic E-state index is 0.235. The van der Waals surface area contributed by atoms with Crippen molar-refractivity contribution in [2.24, 2.45) is 0 Å². The summed E-state index contributed by atoms with van der Waals surface area (Å²) in [6, 6.07) is 14.4. The molecule has 8 heteroatoms. The van der Waals surface area contributed by atoms with E-state index in [9.17, 15) is 14.4 Å². The molecule has 0 atom stereocenters. The van der Waals surface area contributed by atoms with Crippen LogP contribution in [-0.4, -0.2) is 22.8 Å². The molecule has 0 saturated heterocycles. The largest absolute Gasteiger partial charge is 0.366 e. The summed E-state index contributed by atoms with van der Waals surface area (Å²) in [6.07, 6.45) is 0. The van der Waals surface area contributed by atoms with Crippen LogP contribution < -0.4 is 0 Å². The zero-order valence-corrected chi connectivity index (χ0v) is 19.8. The summed E-state index contributed by atoms with van der Waals surface area (Å²) in [5.74, 6) is -2.00. The van der Waals surface area contributed by atoms with Crippen molar-refractivity contribution in [3.05, 3.63) is 75.9 Å². The second kappa shape index (κ2) is 7.28. The number of hydroxylamine groups is 2. The van der Waals surface area contributed by atoms with Gasteiger partial charge < -0.3 is 4.84 Å². The van der Waals surface area contributed by atoms with Crippen LogP contribution in [-0.2, 0) is 4.84 Å². The van der Waals surface area contributed by atoms with Crippen LogP contribution in [0.15, 0.2) is 48.5 Å². The van der Waals surface area contributed by atoms with E-state index in [0.29, 0.717) is 17.8 Å². The number of amides is 2. The van der Waals surface area contributed by atoms with E-state index in [1.54, 1.807) is 18.2 Å². The normalized spacial score (nSPS) is 13.2. The maximum absolute atomic E-state index is 12.7. The molecule has 0 radical (unpaired) electrons. The molecule has 0 N–H and O–H groups in total. The Labute approximate surface area is 194 Å². The fraction of sp³-hybridized carbons (Fsp3) is 0. The number of hydrogen-bond acceptors (Lipinski definition) is 4. The third kappa shape index (κ3) is 3.24. The molecule has 0 saturated carbocycles. The lowest BCUT2D eigenvalue weighted by molar-refractivity contribution is -0.0586. The van der Waals surface area contributed by atoms with Crippen LogP contribution >= 0.6 is 67.8 Å². The lowest BCUT2D eigenvalue weighted by Gasteiger charge is -2.14. The van der Waals surface area contributed by atoms with Crippen LogP contribution in [0.3, 0.4) is 0 Å². The Morgan fingerprint density at radius 3 is 1.89 bits per heavy atom. The molecule has 0 aliphatic carbocycles. The van der Waals surface area contributed by atoms with Crippen molar-refractivity contribution in [1.82, 2.24) is 5.06 Å². The molecule has 134 valence electrons. The highest BCUT2D eigenvalue weighted by Crippen LogP contribution is 2.30. The smallest absolute Gasteiger partial charge is 0.324 e. The number of halogens is 3. The van der Waals surface area contributed by atoms with Gasteiger partial charge in [-0.1, -0.05) is 29.3 Å². The Morgan fingerprint density at radius 2 is 1.33 bits per heavy atom. The molecule has 3 aromatic rings. The lowest BCUT2D eigenvalue weighted by Crippen LogP contribution is -2.33. The molecule has 5 nitrogen and oxygen atoms in total. The molecular weight excluding hydrogens is 687 g/mol. The molecule has 1 aliphatic rings. The zero-order valence-electron chi connectivity index (χ0n) is 13.3. The first-order chi connectivity index (χ1) is 12.9. The van der Waals surface area contributed by atoms with Crippen LogP contribution in [0.1, 0.15) is 31.1 Å². The van der Waals surface area contributed by atoms with Gasteiger partial charge in [0.05, 0.1) is 16.7 Å². The van der Waals surface area contributed by atoms with Gasteiger partial charge in [-0.25, -0.2) is 4.79 Å². The Balaban J connectivity index is 1.71. The second-order valence-corrected chi connectivity index (χ2v) is 9.15. The highest BCUT2D eigenvalue weighted by Gasteiger charge is 2.40. The van der Waals surface area contributed by atoms with Gasteiger partial charge in [-0.05, 0) is 103 Å². The van der Waals surface area contributed by atoms with Crippen LogP contribution in [0.5, 0.6) is 0 Å². The Kier molecular flexibility index (Phi) is 5.14. The number of benzene rings is 3. The third-order valence-corrected chi connectivity index (χ3v) is 8.09. The molecule has 2 amide bonds. The summed E-state index contributed by atoms with van der Waals surface area (Å²) in [4.78, 5) is 43.3. The third-order valence-electron chi connectivity index (χ3n) is 4.14. The van der Waals surface area contributed by atoms with Gasteiger partial charge in [-0.3, -0.25) is 9.59 Å². The predicted molar refractivity (Wildman–Crippen MR) is 124 cm³/mol. The monoisotopic (exact) mass is 695 g/mol. The fourth-order valence-corrected chi connectivity index (χ4v) is 5.16. The topological polar surface area (TPSA) is 63.7 Å². The van der Waals surface area contributed by atoms with Crippen LogP contribution in [0.2, 0.25) is 0 Å². The van der Waals surface area contributed by atoms with E-state index in [-0.39, 0.29) is 11.1 Å². The summed E-state index contributed by atoms with van der Waals surface area (Å²) in [5, 5.41) is 2.23. The molecule has 1 heterocycles. The maximum atomic E-state index is 12.7. The highest BCUT2D eigenvalue weighted by atomic mass is 127. The minimum Gasteiger partial charge on any atom is -0.324 e. The number of carbonyl (C=O) groups is 3. The van der Waals surface area contributed by atoms with Crippen molar-refractivity contribution in [3.8, 4) is 0 Å². The molecule has 0 unspecified atom stereocenters. The molecule has 1 aliphatic heterocycles. The average molecular weight is 695 g/mol. The first-order valence-corrected chi connectivity index (χ1v) is 10.9. The van der Waals surface area contributed by atoms with Gasteiger partial charge in [-0.2, -0.15) is 0 Å². The second-order valence-electron chi connectivity index (χ2n) is 5.75. The number of hydrogen-bond donors (Lipinski definition) is 0. The van der Waals surface area contributed by atoms with Crippen molar-refractivity contribution in [1.29, 1.82) is 0 Å². The van der Waals surface area contributed by atoms with E-state index in [1.165, 1.54) is 0 Å². The van der Waals surface area contributed by atoms with Crippen molar-refractivity contribution in [2.45, 2.75) is 0 Å². The van der Waals surface area contributed by atoms with Crippen LogP contribution in [0.25, 0.3) is 10.8 Å². The van der Waals surface area contributed by atoms with Crippen molar-refractivity contribution >= 4 is 96.3 Å². The first kappa shape index (κ1) is 19.1. The van der Waals surface area contributed by atoms with E-state index < -0.39 is 17.8 Å². The Morgan fingerprint density at radius 1 is 0.815 bits per heavy atom. The van der Waals surface area contributed by atoms with E-state index in [2.05, 4.69) is 45.2 Å². The standard InChI is InChI=1S/C19H8I3NO4/c20-13-5-6-14(21)16(22)15(13)19(26)27-23-17(24)11-7-9-3-1-2-4-10(9)8-12(11)18(23)25/h1-8H. The molecule has 4 rings (SSSR count). The van der Waals surface area contributed by atoms with Gasteiger partial charge in [0.2, 0.25) is 0 Å². The molecule has 0 bridgehead atoms. The maximum Gasteiger partial charge on any atom is 0.366 e. The van der Waals surface area contributed by atoms with E-state index in [4.69, 9.17) is 4.84 Å². The van der Waals surface area contributed by atoms with Crippen molar-refractivity contribution < 1.29 is 19.2 Å². The summed E-state index contributed by atoms with van der Waals surface area (Å²) in [6.45, 7) is 0. The van der Waals surface area contributed by atoms with Gasteiger partial charge in [-0.15, -0.1) is 0 Å². The SMILES string of the molecule is O=C(ON1C(=O)c2cc3ccccc3cc2C1=O)c1c(I)ccc(I)c1I. The fourth-order valence-electron chi connectivity index (χ4n) is 2.83. The van der Waals surface area contributed by atoms with Gasteiger partial charge >= 0.3 is 5.97 Å². The number of rotatable bonds is 2. The summed E-state index contributed by atoms with van der Waals surface area (Å²) in [7, 11) is 0. The molecule has 0 spiro atoms. The van der Waals surface area contributed by atoms with Crippen LogP contribution in [0.4, 0.5) is 0 Å². The average Bonchev–Trinajstić information content (AvgIpc) is 2.88. The van der Waals surface area contributed by atoms with Gasteiger partial charge in [0, 0.05) is 10.7 Å². The van der Waals surface area contributed by atoms with Gasteiger partial charge in [0.15, 0.2) is 0 Å². The van der Waals surface area contributed by atoms with Gasteiger partial charge in [0.25, 0.3) is 11.8 Å². The zero-order chi connectivity index (χ0) is 19.3. The molecule has 27 heavy (non-hydrogen) atoms. The minimum atomic E-state index is -0.735. The van der Waals surface area contributed by atoms with E-state index in [0.717, 1.165) is 14.3 Å². The molecule has 0 aromatic heterocycles. The summed E-state index contributed by atoms with van der Waals surface area (Å²) < 4.78 is 2.28. The van der Waals surface area contributed by atoms with E-state index in [1.807, 2.05) is 52.9 Å². The van der Waals surface area contributed by atoms with Crippen LogP contribution in [0, 0.1) is 10.7 Å². The number of carbonyl (C=O) groups excluding carboxylic acids is 3. The van der Waals surface area contributed by atoms with Gasteiger partial charge in [0.1, 0.15) is 0 Å². The summed E-state index contributed by atoms with van der Waals surface area (Å²) in [5.41, 5.74) is 0.807. The molecular formula is C19H8I3NO4. The molecule has 0 fully saturated rings. The Bertz CT molecular complexity index is 1100. The van der Waals surface area contributed by atoms with Crippen molar-refractivity contribution in [2.75, 3.05) is 0 Å². The highest BCUT2D eigenvalue weighted by molar-refractivity contribution is 14.1. The lowest BCUT2D eigenvalue weighted by atomic mass is 10.0.